The molecule has 0 bridgehead atoms. The molecule has 0 aliphatic heterocycles. The van der Waals surface area contributed by atoms with Crippen LogP contribution in [0.25, 0.3) is 0 Å². The predicted molar refractivity (Wildman–Crippen MR) is 87.7 cm³/mol. The van der Waals surface area contributed by atoms with Crippen LogP contribution in [0.15, 0.2) is 54.6 Å². The number of hydrogen-bond donors (Lipinski definition) is 2. The summed E-state index contributed by atoms with van der Waals surface area (Å²) in [6.45, 7) is 3.51. The van der Waals surface area contributed by atoms with E-state index in [1.54, 1.807) is 50.2 Å². The summed E-state index contributed by atoms with van der Waals surface area (Å²) < 4.78 is 5.57. The molecule has 120 valence electrons. The zero-order chi connectivity index (χ0) is 16.8. The SMILES string of the molecule is CC(C)C(Oc1ccccc1C(=O)Nc1ccccc1)C(=O)O. The fraction of sp³-hybridized carbons (Fsp3) is 0.222. The van der Waals surface area contributed by atoms with E-state index in [1.165, 1.54) is 0 Å². The molecule has 0 aromatic heterocycles. The molecule has 1 unspecified atom stereocenters. The molecule has 5 nitrogen and oxygen atoms in total. The quantitative estimate of drug-likeness (QED) is 0.856. The van der Waals surface area contributed by atoms with E-state index in [9.17, 15) is 14.7 Å². The second-order valence-corrected chi connectivity index (χ2v) is 5.44. The Balaban J connectivity index is 2.23. The molecular weight excluding hydrogens is 294 g/mol. The van der Waals surface area contributed by atoms with Gasteiger partial charge in [-0.25, -0.2) is 4.79 Å². The number of carboxylic acids is 1. The maximum atomic E-state index is 12.4. The lowest BCUT2D eigenvalue weighted by Crippen LogP contribution is -2.33. The topological polar surface area (TPSA) is 75.6 Å². The van der Waals surface area contributed by atoms with E-state index in [0.717, 1.165) is 0 Å². The number of carbonyl (C=O) groups is 2. The maximum absolute atomic E-state index is 12.4. The van der Waals surface area contributed by atoms with Gasteiger partial charge in [0.2, 0.25) is 0 Å². The summed E-state index contributed by atoms with van der Waals surface area (Å²) in [6.07, 6.45) is -1.01. The number of carbonyl (C=O) groups excluding carboxylic acids is 1. The lowest BCUT2D eigenvalue weighted by atomic mass is 10.1. The number of nitrogens with one attached hydrogen (secondary N) is 1. The number of rotatable bonds is 6. The molecular formula is C18H19NO4. The summed E-state index contributed by atoms with van der Waals surface area (Å²) >= 11 is 0. The monoisotopic (exact) mass is 313 g/mol. The lowest BCUT2D eigenvalue weighted by molar-refractivity contribution is -0.147. The summed E-state index contributed by atoms with van der Waals surface area (Å²) in [6, 6.07) is 15.6. The summed E-state index contributed by atoms with van der Waals surface area (Å²) in [5, 5.41) is 12.0. The van der Waals surface area contributed by atoms with Crippen molar-refractivity contribution in [2.45, 2.75) is 20.0 Å². The molecule has 0 heterocycles. The molecule has 2 rings (SSSR count). The molecule has 0 fully saturated rings. The molecule has 0 radical (unpaired) electrons. The standard InChI is InChI=1S/C18H19NO4/c1-12(2)16(18(21)22)23-15-11-7-6-10-14(15)17(20)19-13-8-4-3-5-9-13/h3-12,16H,1-2H3,(H,19,20)(H,21,22). The second-order valence-electron chi connectivity index (χ2n) is 5.44. The van der Waals surface area contributed by atoms with Gasteiger partial charge in [0.1, 0.15) is 5.75 Å². The molecule has 0 saturated heterocycles. The molecule has 2 N–H and O–H groups in total. The van der Waals surface area contributed by atoms with Gasteiger partial charge in [-0.15, -0.1) is 0 Å². The van der Waals surface area contributed by atoms with Crippen molar-refractivity contribution in [3.8, 4) is 5.75 Å². The molecule has 1 atom stereocenters. The van der Waals surface area contributed by atoms with E-state index in [2.05, 4.69) is 5.32 Å². The largest absolute Gasteiger partial charge is 0.478 e. The Kier molecular flexibility index (Phi) is 5.36. The number of benzene rings is 2. The first-order valence-corrected chi connectivity index (χ1v) is 7.34. The van der Waals surface area contributed by atoms with Gasteiger partial charge in [0.25, 0.3) is 5.91 Å². The molecule has 2 aromatic carbocycles. The number of hydrogen-bond acceptors (Lipinski definition) is 3. The highest BCUT2D eigenvalue weighted by Crippen LogP contribution is 2.23. The second kappa shape index (κ2) is 7.45. The van der Waals surface area contributed by atoms with Crippen LogP contribution in [0, 0.1) is 5.92 Å². The first kappa shape index (κ1) is 16.5. The number of carboxylic acid groups (broad SMARTS) is 1. The van der Waals surface area contributed by atoms with E-state index in [1.807, 2.05) is 18.2 Å². The smallest absolute Gasteiger partial charge is 0.345 e. The Morgan fingerprint density at radius 1 is 1.00 bits per heavy atom. The molecule has 0 aliphatic rings. The van der Waals surface area contributed by atoms with Crippen LogP contribution >= 0.6 is 0 Å². The summed E-state index contributed by atoms with van der Waals surface area (Å²) in [7, 11) is 0. The Hall–Kier alpha value is -2.82. The number of para-hydroxylation sites is 2. The Morgan fingerprint density at radius 2 is 1.61 bits per heavy atom. The van der Waals surface area contributed by atoms with Crippen molar-refractivity contribution in [3.05, 3.63) is 60.2 Å². The first-order valence-electron chi connectivity index (χ1n) is 7.34. The van der Waals surface area contributed by atoms with Crippen LogP contribution in [-0.2, 0) is 4.79 Å². The van der Waals surface area contributed by atoms with E-state index in [4.69, 9.17) is 4.74 Å². The number of aliphatic carboxylic acids is 1. The van der Waals surface area contributed by atoms with Gasteiger partial charge < -0.3 is 15.2 Å². The van der Waals surface area contributed by atoms with Gasteiger partial charge in [-0.3, -0.25) is 4.79 Å². The number of amides is 1. The normalized spacial score (nSPS) is 11.8. The number of anilines is 1. The fourth-order valence-electron chi connectivity index (χ4n) is 2.09. The highest BCUT2D eigenvalue weighted by atomic mass is 16.5. The average molecular weight is 313 g/mol. The molecule has 1 amide bonds. The van der Waals surface area contributed by atoms with Gasteiger partial charge in [-0.05, 0) is 24.3 Å². The maximum Gasteiger partial charge on any atom is 0.345 e. The zero-order valence-corrected chi connectivity index (χ0v) is 13.0. The van der Waals surface area contributed by atoms with Crippen LogP contribution < -0.4 is 10.1 Å². The summed E-state index contributed by atoms with van der Waals surface area (Å²) in [5.74, 6) is -1.38. The Labute approximate surface area is 134 Å². The molecule has 0 spiro atoms. The van der Waals surface area contributed by atoms with Crippen molar-refractivity contribution in [2.75, 3.05) is 5.32 Å². The van der Waals surface area contributed by atoms with Gasteiger partial charge in [0.15, 0.2) is 6.10 Å². The van der Waals surface area contributed by atoms with E-state index in [-0.39, 0.29) is 17.6 Å². The van der Waals surface area contributed by atoms with Crippen molar-refractivity contribution in [1.82, 2.24) is 0 Å². The van der Waals surface area contributed by atoms with Crippen LogP contribution in [0.1, 0.15) is 24.2 Å². The summed E-state index contributed by atoms with van der Waals surface area (Å²) in [4.78, 5) is 23.7. The van der Waals surface area contributed by atoms with Crippen molar-refractivity contribution < 1.29 is 19.4 Å². The minimum Gasteiger partial charge on any atom is -0.478 e. The molecule has 2 aromatic rings. The van der Waals surface area contributed by atoms with E-state index >= 15 is 0 Å². The molecule has 0 aliphatic carbocycles. The van der Waals surface area contributed by atoms with E-state index < -0.39 is 12.1 Å². The highest BCUT2D eigenvalue weighted by Gasteiger charge is 2.25. The third-order valence-corrected chi connectivity index (χ3v) is 3.27. The van der Waals surface area contributed by atoms with Crippen LogP contribution in [0.4, 0.5) is 5.69 Å². The molecule has 23 heavy (non-hydrogen) atoms. The van der Waals surface area contributed by atoms with Crippen molar-refractivity contribution in [3.63, 3.8) is 0 Å². The number of ether oxygens (including phenoxy) is 1. The minimum absolute atomic E-state index is 0.224. The van der Waals surface area contributed by atoms with Gasteiger partial charge in [-0.2, -0.15) is 0 Å². The Morgan fingerprint density at radius 3 is 2.22 bits per heavy atom. The van der Waals surface area contributed by atoms with Crippen LogP contribution in [-0.4, -0.2) is 23.1 Å². The van der Waals surface area contributed by atoms with Crippen molar-refractivity contribution in [2.24, 2.45) is 5.92 Å². The highest BCUT2D eigenvalue weighted by molar-refractivity contribution is 6.06. The third kappa shape index (κ3) is 4.32. The minimum atomic E-state index is -1.06. The fourth-order valence-corrected chi connectivity index (χ4v) is 2.09. The van der Waals surface area contributed by atoms with Crippen LogP contribution in [0.5, 0.6) is 5.75 Å². The first-order chi connectivity index (χ1) is 11.0. The van der Waals surface area contributed by atoms with Crippen molar-refractivity contribution in [1.29, 1.82) is 0 Å². The average Bonchev–Trinajstić information content (AvgIpc) is 2.53. The van der Waals surface area contributed by atoms with Gasteiger partial charge in [0.05, 0.1) is 5.56 Å². The van der Waals surface area contributed by atoms with E-state index in [0.29, 0.717) is 11.3 Å². The van der Waals surface area contributed by atoms with Gasteiger partial charge >= 0.3 is 5.97 Å². The van der Waals surface area contributed by atoms with Crippen molar-refractivity contribution >= 4 is 17.6 Å². The van der Waals surface area contributed by atoms with Crippen LogP contribution in [0.2, 0.25) is 0 Å². The summed E-state index contributed by atoms with van der Waals surface area (Å²) in [5.41, 5.74) is 0.953. The van der Waals surface area contributed by atoms with Gasteiger partial charge in [-0.1, -0.05) is 44.2 Å². The third-order valence-electron chi connectivity index (χ3n) is 3.27. The molecule has 0 saturated carbocycles. The lowest BCUT2D eigenvalue weighted by Gasteiger charge is -2.20. The zero-order valence-electron chi connectivity index (χ0n) is 13.0. The van der Waals surface area contributed by atoms with Gasteiger partial charge in [0, 0.05) is 11.6 Å². The van der Waals surface area contributed by atoms with Crippen LogP contribution in [0.3, 0.4) is 0 Å². The molecule has 5 heteroatoms. The predicted octanol–water partition coefficient (Wildman–Crippen LogP) is 3.43. The Bertz CT molecular complexity index is 682.